The Hall–Kier alpha value is -2.50. The van der Waals surface area contributed by atoms with Crippen LogP contribution in [0.2, 0.25) is 0 Å². The van der Waals surface area contributed by atoms with Gasteiger partial charge in [0.2, 0.25) is 5.91 Å². The van der Waals surface area contributed by atoms with Crippen molar-refractivity contribution in [3.8, 4) is 5.75 Å². The van der Waals surface area contributed by atoms with Crippen LogP contribution in [0.3, 0.4) is 0 Å². The quantitative estimate of drug-likeness (QED) is 0.594. The standard InChI is InChI=1S/C22H25N3O2.ClH/c1-27-17-8-6-15(7-9-17)19(13-25-22(26)16-10-11-23-12-16)20-14-24-21-5-3-2-4-18(20)21;/h2-9,14,16,19,23-24H,10-13H2,1H3,(H,25,26);1H. The average molecular weight is 400 g/mol. The molecule has 2 heterocycles. The van der Waals surface area contributed by atoms with Crippen molar-refractivity contribution in [1.82, 2.24) is 15.6 Å². The summed E-state index contributed by atoms with van der Waals surface area (Å²) >= 11 is 0. The number of ether oxygens (including phenoxy) is 1. The van der Waals surface area contributed by atoms with Gasteiger partial charge in [0.15, 0.2) is 0 Å². The predicted molar refractivity (Wildman–Crippen MR) is 114 cm³/mol. The van der Waals surface area contributed by atoms with Gasteiger partial charge in [-0.1, -0.05) is 30.3 Å². The van der Waals surface area contributed by atoms with Crippen LogP contribution in [-0.4, -0.2) is 37.6 Å². The third-order valence-corrected chi connectivity index (χ3v) is 5.43. The molecular formula is C22H26ClN3O2. The summed E-state index contributed by atoms with van der Waals surface area (Å²) in [5.74, 6) is 1.12. The monoisotopic (exact) mass is 399 g/mol. The van der Waals surface area contributed by atoms with Gasteiger partial charge in [-0.15, -0.1) is 12.4 Å². The van der Waals surface area contributed by atoms with Gasteiger partial charge in [-0.05, 0) is 42.3 Å². The van der Waals surface area contributed by atoms with E-state index in [2.05, 4.69) is 46.1 Å². The van der Waals surface area contributed by atoms with E-state index in [9.17, 15) is 4.79 Å². The molecule has 1 fully saturated rings. The van der Waals surface area contributed by atoms with Gasteiger partial charge in [-0.2, -0.15) is 0 Å². The van der Waals surface area contributed by atoms with E-state index < -0.39 is 0 Å². The van der Waals surface area contributed by atoms with Gasteiger partial charge < -0.3 is 20.4 Å². The minimum Gasteiger partial charge on any atom is -0.497 e. The van der Waals surface area contributed by atoms with E-state index in [0.717, 1.165) is 36.3 Å². The zero-order valence-electron chi connectivity index (χ0n) is 15.9. The van der Waals surface area contributed by atoms with Crippen LogP contribution in [0.4, 0.5) is 0 Å². The second kappa shape index (κ2) is 9.13. The van der Waals surface area contributed by atoms with Gasteiger partial charge in [-0.3, -0.25) is 4.79 Å². The Morgan fingerprint density at radius 3 is 2.71 bits per heavy atom. The van der Waals surface area contributed by atoms with Crippen molar-refractivity contribution in [2.75, 3.05) is 26.7 Å². The van der Waals surface area contributed by atoms with Crippen LogP contribution in [-0.2, 0) is 4.79 Å². The molecule has 0 saturated carbocycles. The number of aromatic amines is 1. The highest BCUT2D eigenvalue weighted by Gasteiger charge is 2.24. The fourth-order valence-electron chi connectivity index (χ4n) is 3.85. The first-order valence-corrected chi connectivity index (χ1v) is 9.44. The SMILES string of the molecule is COc1ccc(C(CNC(=O)C2CCNC2)c2c[nH]c3ccccc23)cc1.Cl. The number of methoxy groups -OCH3 is 1. The smallest absolute Gasteiger partial charge is 0.224 e. The number of hydrogen-bond acceptors (Lipinski definition) is 3. The Morgan fingerprint density at radius 2 is 2.00 bits per heavy atom. The number of nitrogens with one attached hydrogen (secondary N) is 3. The van der Waals surface area contributed by atoms with Gasteiger partial charge in [0.05, 0.1) is 13.0 Å². The van der Waals surface area contributed by atoms with Gasteiger partial charge >= 0.3 is 0 Å². The number of halogens is 1. The van der Waals surface area contributed by atoms with E-state index in [-0.39, 0.29) is 30.2 Å². The molecule has 2 unspecified atom stereocenters. The topological polar surface area (TPSA) is 66.2 Å². The maximum Gasteiger partial charge on any atom is 0.224 e. The van der Waals surface area contributed by atoms with Crippen molar-refractivity contribution >= 4 is 29.2 Å². The highest BCUT2D eigenvalue weighted by Crippen LogP contribution is 2.31. The first-order valence-electron chi connectivity index (χ1n) is 9.44. The normalized spacial score (nSPS) is 17.1. The van der Waals surface area contributed by atoms with Crippen LogP contribution in [0, 0.1) is 5.92 Å². The molecule has 1 aliphatic rings. The molecule has 1 aliphatic heterocycles. The molecule has 0 spiro atoms. The third kappa shape index (κ3) is 4.16. The molecular weight excluding hydrogens is 374 g/mol. The van der Waals surface area contributed by atoms with Crippen LogP contribution >= 0.6 is 12.4 Å². The number of para-hydroxylation sites is 1. The maximum absolute atomic E-state index is 12.5. The molecule has 148 valence electrons. The molecule has 1 aromatic heterocycles. The van der Waals surface area contributed by atoms with Crippen molar-refractivity contribution in [2.45, 2.75) is 12.3 Å². The first-order chi connectivity index (χ1) is 13.3. The Morgan fingerprint density at radius 1 is 1.21 bits per heavy atom. The lowest BCUT2D eigenvalue weighted by Crippen LogP contribution is -2.35. The Labute approximate surface area is 171 Å². The number of H-pyrrole nitrogens is 1. The Kier molecular flexibility index (Phi) is 6.60. The van der Waals surface area contributed by atoms with E-state index in [1.165, 1.54) is 10.9 Å². The number of hydrogen-bond donors (Lipinski definition) is 3. The summed E-state index contributed by atoms with van der Waals surface area (Å²) < 4.78 is 5.29. The molecule has 2 aromatic carbocycles. The van der Waals surface area contributed by atoms with Crippen LogP contribution < -0.4 is 15.4 Å². The van der Waals surface area contributed by atoms with Gasteiger partial charge in [0.25, 0.3) is 0 Å². The number of carbonyl (C=O) groups excluding carboxylic acids is 1. The molecule has 0 radical (unpaired) electrons. The second-order valence-electron chi connectivity index (χ2n) is 7.05. The van der Waals surface area contributed by atoms with Crippen LogP contribution in [0.15, 0.2) is 54.7 Å². The van der Waals surface area contributed by atoms with Crippen LogP contribution in [0.5, 0.6) is 5.75 Å². The maximum atomic E-state index is 12.5. The van der Waals surface area contributed by atoms with Crippen LogP contribution in [0.1, 0.15) is 23.5 Å². The molecule has 0 aliphatic carbocycles. The average Bonchev–Trinajstić information content (AvgIpc) is 3.39. The van der Waals surface area contributed by atoms with Gasteiger partial charge in [0.1, 0.15) is 5.75 Å². The molecule has 3 N–H and O–H groups in total. The lowest BCUT2D eigenvalue weighted by Gasteiger charge is -2.20. The molecule has 1 saturated heterocycles. The molecule has 2 atom stereocenters. The summed E-state index contributed by atoms with van der Waals surface area (Å²) in [4.78, 5) is 15.9. The summed E-state index contributed by atoms with van der Waals surface area (Å²) in [6, 6.07) is 16.4. The highest BCUT2D eigenvalue weighted by molar-refractivity contribution is 5.85. The van der Waals surface area contributed by atoms with Gasteiger partial charge in [0, 0.05) is 36.1 Å². The first kappa shape index (κ1) is 20.2. The van der Waals surface area contributed by atoms with Crippen LogP contribution in [0.25, 0.3) is 10.9 Å². The fraction of sp³-hybridized carbons (Fsp3) is 0.318. The van der Waals surface area contributed by atoms with E-state index in [0.29, 0.717) is 6.54 Å². The summed E-state index contributed by atoms with van der Waals surface area (Å²) in [5, 5.41) is 7.63. The minimum absolute atomic E-state index is 0. The van der Waals surface area contributed by atoms with E-state index in [4.69, 9.17) is 4.74 Å². The zero-order valence-corrected chi connectivity index (χ0v) is 16.7. The van der Waals surface area contributed by atoms with Crippen molar-refractivity contribution in [3.63, 3.8) is 0 Å². The largest absolute Gasteiger partial charge is 0.497 e. The predicted octanol–water partition coefficient (Wildman–Crippen LogP) is 3.46. The zero-order chi connectivity index (χ0) is 18.6. The summed E-state index contributed by atoms with van der Waals surface area (Å²) in [6.45, 7) is 2.26. The lowest BCUT2D eigenvalue weighted by molar-refractivity contribution is -0.124. The van der Waals surface area contributed by atoms with Crippen molar-refractivity contribution in [2.24, 2.45) is 5.92 Å². The molecule has 0 bridgehead atoms. The molecule has 3 aromatic rings. The summed E-state index contributed by atoms with van der Waals surface area (Å²) in [6.07, 6.45) is 2.97. The number of rotatable bonds is 6. The Bertz CT molecular complexity index is 917. The summed E-state index contributed by atoms with van der Waals surface area (Å²) in [5.41, 5.74) is 3.46. The summed E-state index contributed by atoms with van der Waals surface area (Å²) in [7, 11) is 1.67. The lowest BCUT2D eigenvalue weighted by atomic mass is 9.90. The van der Waals surface area contributed by atoms with Crippen molar-refractivity contribution in [3.05, 3.63) is 65.9 Å². The molecule has 4 rings (SSSR count). The van der Waals surface area contributed by atoms with Gasteiger partial charge in [-0.25, -0.2) is 0 Å². The number of fused-ring (bicyclic) bond motifs is 1. The highest BCUT2D eigenvalue weighted by atomic mass is 35.5. The minimum atomic E-state index is 0. The van der Waals surface area contributed by atoms with E-state index in [1.54, 1.807) is 7.11 Å². The second-order valence-corrected chi connectivity index (χ2v) is 7.05. The third-order valence-electron chi connectivity index (χ3n) is 5.43. The number of amides is 1. The van der Waals surface area contributed by atoms with Crippen molar-refractivity contribution in [1.29, 1.82) is 0 Å². The fourth-order valence-corrected chi connectivity index (χ4v) is 3.85. The number of carbonyl (C=O) groups is 1. The number of aromatic nitrogens is 1. The van der Waals surface area contributed by atoms with Crippen molar-refractivity contribution < 1.29 is 9.53 Å². The van der Waals surface area contributed by atoms with E-state index in [1.807, 2.05) is 24.3 Å². The molecule has 6 heteroatoms. The molecule has 1 amide bonds. The Balaban J connectivity index is 0.00000225. The number of benzene rings is 2. The van der Waals surface area contributed by atoms with E-state index >= 15 is 0 Å². The molecule has 5 nitrogen and oxygen atoms in total. The molecule has 28 heavy (non-hydrogen) atoms.